The summed E-state index contributed by atoms with van der Waals surface area (Å²) in [7, 11) is 0. The molecule has 1 rings (SSSR count). The number of alkyl halides is 2. The van der Waals surface area contributed by atoms with Crippen LogP contribution in [0.5, 0.6) is 0 Å². The number of rotatable bonds is 2. The number of nitrogens with two attached hydrogens (primary N) is 1. The Bertz CT molecular complexity index is 315. The highest BCUT2D eigenvalue weighted by Gasteiger charge is 2.13. The van der Waals surface area contributed by atoms with Crippen molar-refractivity contribution in [3.8, 4) is 0 Å². The Labute approximate surface area is 74.2 Å². The molecule has 0 spiro atoms. The number of pyridine rings is 1. The molecule has 0 amide bonds. The van der Waals surface area contributed by atoms with Crippen molar-refractivity contribution < 1.29 is 13.9 Å². The van der Waals surface area contributed by atoms with E-state index >= 15 is 0 Å². The number of nitrogen functional groups attached to an aromatic ring is 1. The summed E-state index contributed by atoms with van der Waals surface area (Å²) in [6.45, 7) is 1.18. The Morgan fingerprint density at radius 1 is 1.62 bits per heavy atom. The molecule has 0 radical (unpaired) electrons. The van der Waals surface area contributed by atoms with Crippen LogP contribution in [0.2, 0.25) is 0 Å². The van der Waals surface area contributed by atoms with Gasteiger partial charge in [0.25, 0.3) is 6.43 Å². The summed E-state index contributed by atoms with van der Waals surface area (Å²) in [4.78, 5) is 3.53. The molecule has 72 valence electrons. The largest absolute Gasteiger partial charge is 0.397 e. The maximum absolute atomic E-state index is 12.2. The average Bonchev–Trinajstić information content (AvgIpc) is 2.09. The van der Waals surface area contributed by atoms with Crippen molar-refractivity contribution in [2.75, 3.05) is 5.73 Å². The van der Waals surface area contributed by atoms with Gasteiger partial charge in [0.15, 0.2) is 0 Å². The van der Waals surface area contributed by atoms with Crippen molar-refractivity contribution >= 4 is 5.69 Å². The lowest BCUT2D eigenvalue weighted by atomic mass is 10.1. The number of aliphatic hydroxyl groups is 1. The molecule has 0 unspecified atom stereocenters. The molecule has 0 aromatic carbocycles. The predicted molar refractivity (Wildman–Crippen MR) is 44.3 cm³/mol. The van der Waals surface area contributed by atoms with Crippen molar-refractivity contribution in [1.29, 1.82) is 0 Å². The molecule has 1 heterocycles. The molecule has 0 atom stereocenters. The van der Waals surface area contributed by atoms with Gasteiger partial charge in [0, 0.05) is 0 Å². The third kappa shape index (κ3) is 1.92. The molecule has 0 aliphatic heterocycles. The first-order valence-electron chi connectivity index (χ1n) is 3.71. The number of hydrogen-bond acceptors (Lipinski definition) is 3. The molecule has 3 N–H and O–H groups in total. The van der Waals surface area contributed by atoms with Gasteiger partial charge in [-0.2, -0.15) is 0 Å². The van der Waals surface area contributed by atoms with E-state index in [1.54, 1.807) is 6.92 Å². The molecular weight excluding hydrogens is 178 g/mol. The number of nitrogens with zero attached hydrogens (tertiary/aromatic N) is 1. The predicted octanol–water partition coefficient (Wildman–Crippen LogP) is 1.40. The molecule has 1 aromatic rings. The van der Waals surface area contributed by atoms with Gasteiger partial charge < -0.3 is 10.8 Å². The van der Waals surface area contributed by atoms with Gasteiger partial charge in [-0.25, -0.2) is 13.8 Å². The second-order valence-corrected chi connectivity index (χ2v) is 2.68. The molecule has 1 aromatic heterocycles. The third-order valence-electron chi connectivity index (χ3n) is 1.74. The maximum atomic E-state index is 12.2. The van der Waals surface area contributed by atoms with Gasteiger partial charge in [0.1, 0.15) is 5.69 Å². The highest BCUT2D eigenvalue weighted by atomic mass is 19.3. The molecule has 13 heavy (non-hydrogen) atoms. The zero-order valence-corrected chi connectivity index (χ0v) is 7.09. The lowest BCUT2D eigenvalue weighted by molar-refractivity contribution is 0.145. The molecular formula is C8H10F2N2O. The first kappa shape index (κ1) is 9.85. The van der Waals surface area contributed by atoms with Gasteiger partial charge in [0.05, 0.1) is 18.0 Å². The molecule has 0 bridgehead atoms. The van der Waals surface area contributed by atoms with E-state index < -0.39 is 13.0 Å². The number of hydrogen-bond donors (Lipinski definition) is 2. The minimum atomic E-state index is -2.63. The summed E-state index contributed by atoms with van der Waals surface area (Å²) in [6.07, 6.45) is -2.63. The van der Waals surface area contributed by atoms with E-state index in [-0.39, 0.29) is 17.1 Å². The van der Waals surface area contributed by atoms with E-state index in [0.717, 1.165) is 0 Å². The van der Waals surface area contributed by atoms with Gasteiger partial charge in [-0.15, -0.1) is 0 Å². The number of aliphatic hydroxyl groups excluding tert-OH is 1. The van der Waals surface area contributed by atoms with Crippen LogP contribution < -0.4 is 5.73 Å². The maximum Gasteiger partial charge on any atom is 0.280 e. The summed E-state index contributed by atoms with van der Waals surface area (Å²) >= 11 is 0. The molecule has 0 aliphatic carbocycles. The average molecular weight is 188 g/mol. The Kier molecular flexibility index (Phi) is 2.77. The summed E-state index contributed by atoms with van der Waals surface area (Å²) in [5, 5.41) is 8.76. The van der Waals surface area contributed by atoms with E-state index in [4.69, 9.17) is 10.8 Å². The fourth-order valence-electron chi connectivity index (χ4n) is 1.01. The van der Waals surface area contributed by atoms with Crippen LogP contribution in [-0.4, -0.2) is 10.1 Å². The molecule has 0 aliphatic rings. The van der Waals surface area contributed by atoms with Crippen LogP contribution in [0.1, 0.15) is 23.4 Å². The van der Waals surface area contributed by atoms with E-state index in [0.29, 0.717) is 5.56 Å². The summed E-state index contributed by atoms with van der Waals surface area (Å²) in [5.41, 5.74) is 6.03. The zero-order chi connectivity index (χ0) is 10.0. The van der Waals surface area contributed by atoms with E-state index in [2.05, 4.69) is 4.98 Å². The summed E-state index contributed by atoms with van der Waals surface area (Å²) < 4.78 is 24.4. The molecule has 0 saturated heterocycles. The number of aryl methyl sites for hydroxylation is 1. The number of halogens is 2. The van der Waals surface area contributed by atoms with Crippen LogP contribution >= 0.6 is 0 Å². The van der Waals surface area contributed by atoms with Gasteiger partial charge in [-0.05, 0) is 18.6 Å². The fraction of sp³-hybridized carbons (Fsp3) is 0.375. The van der Waals surface area contributed by atoms with Crippen LogP contribution in [0.3, 0.4) is 0 Å². The molecule has 3 nitrogen and oxygen atoms in total. The lowest BCUT2D eigenvalue weighted by Crippen LogP contribution is -2.04. The number of aromatic nitrogens is 1. The van der Waals surface area contributed by atoms with E-state index in [1.807, 2.05) is 0 Å². The Balaban J connectivity index is 3.22. The van der Waals surface area contributed by atoms with Gasteiger partial charge in [-0.3, -0.25) is 0 Å². The normalized spacial score (nSPS) is 10.8. The Morgan fingerprint density at radius 2 is 2.23 bits per heavy atom. The standard InChI is InChI=1S/C8H10F2N2O/c1-4-2-5(8(9)10)12-6(3-13)7(4)11/h2,8,13H,3,11H2,1H3. The minimum absolute atomic E-state index is 0.107. The van der Waals surface area contributed by atoms with Crippen molar-refractivity contribution in [3.05, 3.63) is 23.0 Å². The van der Waals surface area contributed by atoms with Crippen molar-refractivity contribution in [1.82, 2.24) is 4.98 Å². The highest BCUT2D eigenvalue weighted by molar-refractivity contribution is 5.50. The molecule has 0 saturated carbocycles. The summed E-state index contributed by atoms with van der Waals surface area (Å²) in [5.74, 6) is 0. The SMILES string of the molecule is Cc1cc(C(F)F)nc(CO)c1N. The van der Waals surface area contributed by atoms with E-state index in [1.165, 1.54) is 6.07 Å². The van der Waals surface area contributed by atoms with Crippen LogP contribution in [0, 0.1) is 6.92 Å². The van der Waals surface area contributed by atoms with Gasteiger partial charge in [-0.1, -0.05) is 0 Å². The lowest BCUT2D eigenvalue weighted by Gasteiger charge is -2.08. The monoisotopic (exact) mass is 188 g/mol. The van der Waals surface area contributed by atoms with Gasteiger partial charge >= 0.3 is 0 Å². The topological polar surface area (TPSA) is 59.1 Å². The fourth-order valence-corrected chi connectivity index (χ4v) is 1.01. The zero-order valence-electron chi connectivity index (χ0n) is 7.09. The number of anilines is 1. The van der Waals surface area contributed by atoms with Crippen LogP contribution in [0.15, 0.2) is 6.07 Å². The highest BCUT2D eigenvalue weighted by Crippen LogP contribution is 2.22. The Morgan fingerprint density at radius 3 is 2.69 bits per heavy atom. The van der Waals surface area contributed by atoms with Gasteiger partial charge in [0.2, 0.25) is 0 Å². The Hall–Kier alpha value is -1.23. The molecule has 5 heteroatoms. The van der Waals surface area contributed by atoms with Crippen LogP contribution in [0.4, 0.5) is 14.5 Å². The first-order valence-corrected chi connectivity index (χ1v) is 3.71. The van der Waals surface area contributed by atoms with Crippen LogP contribution in [-0.2, 0) is 6.61 Å². The minimum Gasteiger partial charge on any atom is -0.397 e. The van der Waals surface area contributed by atoms with Crippen molar-refractivity contribution in [3.63, 3.8) is 0 Å². The van der Waals surface area contributed by atoms with E-state index in [9.17, 15) is 8.78 Å². The summed E-state index contributed by atoms with van der Waals surface area (Å²) in [6, 6.07) is 1.22. The van der Waals surface area contributed by atoms with Crippen molar-refractivity contribution in [2.24, 2.45) is 0 Å². The molecule has 0 fully saturated rings. The van der Waals surface area contributed by atoms with Crippen molar-refractivity contribution in [2.45, 2.75) is 20.0 Å². The van der Waals surface area contributed by atoms with Crippen LogP contribution in [0.25, 0.3) is 0 Å². The second kappa shape index (κ2) is 3.66. The first-order chi connectivity index (χ1) is 6.06. The second-order valence-electron chi connectivity index (χ2n) is 2.68. The third-order valence-corrected chi connectivity index (χ3v) is 1.74. The quantitative estimate of drug-likeness (QED) is 0.737. The smallest absolute Gasteiger partial charge is 0.280 e.